The van der Waals surface area contributed by atoms with Crippen LogP contribution in [-0.2, 0) is 6.42 Å². The number of benzene rings is 3. The zero-order valence-electron chi connectivity index (χ0n) is 18.7. The topological polar surface area (TPSA) is 138 Å². The van der Waals surface area contributed by atoms with Gasteiger partial charge in [0, 0.05) is 12.0 Å². The second-order valence-corrected chi connectivity index (χ2v) is 7.91. The first-order valence-corrected chi connectivity index (χ1v) is 11.5. The number of halogens is 1. The summed E-state index contributed by atoms with van der Waals surface area (Å²) in [5, 5.41) is 2.02. The second-order valence-electron chi connectivity index (χ2n) is 7.16. The predicted octanol–water partition coefficient (Wildman–Crippen LogP) is -1.41. The van der Waals surface area contributed by atoms with E-state index in [0.717, 1.165) is 52.1 Å². The maximum atomic E-state index is 8.49. The molecule has 0 radical (unpaired) electrons. The van der Waals surface area contributed by atoms with Gasteiger partial charge >= 0.3 is 0 Å². The Balaban J connectivity index is 0.000000588. The zero-order chi connectivity index (χ0) is 24.6. The fraction of sp³-hybridized carbons (Fsp3) is 0.160. The Labute approximate surface area is 198 Å². The van der Waals surface area contributed by atoms with E-state index in [1.165, 1.54) is 5.56 Å². The van der Waals surface area contributed by atoms with Crippen LogP contribution in [0.1, 0.15) is 5.56 Å². The third-order valence-corrected chi connectivity index (χ3v) is 4.92. The zero-order valence-corrected chi connectivity index (χ0v) is 19.4. The standard InChI is InChI=1S/C25H23NO3.ClHO4/c1-27-20-10-8-19(9-11-20)25-17-23(26-15-14-18-6-4-3-5-7-18)22-16-21(28-2)12-13-24(22)29-25;2-1(3,4)5/h3-13,16-17H,14-15H2,1-2H3;(H,2,3,4,5). The highest BCUT2D eigenvalue weighted by atomic mass is 35.7. The van der Waals surface area contributed by atoms with Crippen LogP contribution in [0.15, 0.2) is 83.3 Å². The van der Waals surface area contributed by atoms with E-state index in [1.54, 1.807) is 14.2 Å². The number of hydrogen-bond acceptors (Lipinski definition) is 7. The summed E-state index contributed by atoms with van der Waals surface area (Å²) >= 11 is 0. The lowest BCUT2D eigenvalue weighted by Crippen LogP contribution is -2.77. The minimum Gasteiger partial charge on any atom is -0.497 e. The first kappa shape index (κ1) is 25.2. The van der Waals surface area contributed by atoms with Crippen LogP contribution in [0, 0.1) is 10.2 Å². The molecule has 0 aliphatic carbocycles. The lowest BCUT2D eigenvalue weighted by molar-refractivity contribution is -2.00. The molecule has 0 aliphatic rings. The molecule has 0 spiro atoms. The molecule has 0 bridgehead atoms. The lowest BCUT2D eigenvalue weighted by Gasteiger charge is -2.17. The van der Waals surface area contributed by atoms with Crippen molar-refractivity contribution in [1.29, 1.82) is 0 Å². The van der Waals surface area contributed by atoms with Gasteiger partial charge in [-0.3, -0.25) is 0 Å². The molecule has 0 fully saturated rings. The van der Waals surface area contributed by atoms with Gasteiger partial charge in [-0.15, -0.1) is 10.2 Å². The van der Waals surface area contributed by atoms with Gasteiger partial charge in [-0.1, -0.05) is 30.3 Å². The normalized spacial score (nSPS) is 11.6. The molecule has 4 rings (SSSR count). The van der Waals surface area contributed by atoms with Gasteiger partial charge in [0.2, 0.25) is 5.36 Å². The number of nitrogens with one attached hydrogen (secondary N) is 1. The van der Waals surface area contributed by atoms with E-state index in [1.807, 2.05) is 48.5 Å². The monoisotopic (exact) mass is 485 g/mol. The number of ether oxygens (including phenoxy) is 2. The first-order chi connectivity index (χ1) is 16.3. The van der Waals surface area contributed by atoms with E-state index >= 15 is 0 Å². The van der Waals surface area contributed by atoms with E-state index < -0.39 is 10.2 Å². The molecule has 3 aromatic carbocycles. The Hall–Kier alpha value is -3.40. The second kappa shape index (κ2) is 11.6. The van der Waals surface area contributed by atoms with Crippen molar-refractivity contribution >= 4 is 11.0 Å². The van der Waals surface area contributed by atoms with E-state index in [4.69, 9.17) is 32.5 Å². The molecule has 178 valence electrons. The molecule has 9 heteroatoms. The summed E-state index contributed by atoms with van der Waals surface area (Å²) in [6.07, 6.45) is 0.941. The molecular weight excluding hydrogens is 462 g/mol. The third-order valence-electron chi connectivity index (χ3n) is 4.92. The van der Waals surface area contributed by atoms with E-state index in [2.05, 4.69) is 35.3 Å². The molecule has 8 nitrogen and oxygen atoms in total. The Bertz CT molecular complexity index is 1260. The molecule has 1 heterocycles. The van der Waals surface area contributed by atoms with Gasteiger partial charge < -0.3 is 13.9 Å². The van der Waals surface area contributed by atoms with E-state index in [-0.39, 0.29) is 0 Å². The highest BCUT2D eigenvalue weighted by Crippen LogP contribution is 2.25. The minimum absolute atomic E-state index is 0.799. The fourth-order valence-electron chi connectivity index (χ4n) is 3.32. The van der Waals surface area contributed by atoms with Crippen LogP contribution in [0.4, 0.5) is 0 Å². The maximum absolute atomic E-state index is 8.49. The van der Waals surface area contributed by atoms with Crippen molar-refractivity contribution < 1.29 is 47.8 Å². The Kier molecular flexibility index (Phi) is 8.64. The van der Waals surface area contributed by atoms with Gasteiger partial charge in [-0.25, -0.2) is 23.6 Å². The van der Waals surface area contributed by atoms with Gasteiger partial charge in [0.1, 0.15) is 29.4 Å². The SMILES string of the molecule is COc1ccc(-c2cc(=[NH+]CCc3ccccc3)c3cc(OC)ccc3o2)cc1.[O-][Cl+3]([O-])([O-])[O-]. The van der Waals surface area contributed by atoms with Crippen molar-refractivity contribution in [3.05, 3.63) is 89.8 Å². The number of rotatable bonds is 6. The van der Waals surface area contributed by atoms with Crippen LogP contribution >= 0.6 is 0 Å². The molecule has 0 atom stereocenters. The van der Waals surface area contributed by atoms with Crippen molar-refractivity contribution in [2.24, 2.45) is 0 Å². The van der Waals surface area contributed by atoms with Crippen molar-refractivity contribution in [3.63, 3.8) is 0 Å². The Morgan fingerprint density at radius 2 is 1.41 bits per heavy atom. The first-order valence-electron chi connectivity index (χ1n) is 10.3. The summed E-state index contributed by atoms with van der Waals surface area (Å²) in [6.45, 7) is 0.822. The van der Waals surface area contributed by atoms with Crippen LogP contribution in [0.3, 0.4) is 0 Å². The van der Waals surface area contributed by atoms with Crippen molar-refractivity contribution in [2.45, 2.75) is 6.42 Å². The lowest BCUT2D eigenvalue weighted by atomic mass is 10.1. The summed E-state index contributed by atoms with van der Waals surface area (Å²) in [4.78, 5) is 3.58. The van der Waals surface area contributed by atoms with Crippen LogP contribution in [0.5, 0.6) is 11.5 Å². The van der Waals surface area contributed by atoms with Gasteiger partial charge in [0.25, 0.3) is 0 Å². The molecule has 0 amide bonds. The fourth-order valence-corrected chi connectivity index (χ4v) is 3.32. The van der Waals surface area contributed by atoms with Gasteiger partial charge in [0.05, 0.1) is 25.7 Å². The molecule has 1 N–H and O–H groups in total. The molecule has 34 heavy (non-hydrogen) atoms. The van der Waals surface area contributed by atoms with Crippen molar-refractivity contribution in [1.82, 2.24) is 0 Å². The van der Waals surface area contributed by atoms with Gasteiger partial charge in [0.15, 0.2) is 0 Å². The average Bonchev–Trinajstić information content (AvgIpc) is 2.83. The maximum Gasteiger partial charge on any atom is 0.213 e. The van der Waals surface area contributed by atoms with Crippen LogP contribution in [0.25, 0.3) is 22.3 Å². The highest BCUT2D eigenvalue weighted by Gasteiger charge is 2.10. The molecule has 4 aromatic rings. The molecule has 1 aromatic heterocycles. The van der Waals surface area contributed by atoms with Gasteiger partial charge in [-0.2, -0.15) is 0 Å². The number of methoxy groups -OCH3 is 2. The molecule has 0 unspecified atom stereocenters. The summed E-state index contributed by atoms with van der Waals surface area (Å²) in [7, 11) is -1.61. The summed E-state index contributed by atoms with van der Waals surface area (Å²) in [5.41, 5.74) is 3.11. The molecule has 0 aliphatic heterocycles. The number of fused-ring (bicyclic) bond motifs is 1. The highest BCUT2D eigenvalue weighted by molar-refractivity contribution is 5.79. The van der Waals surface area contributed by atoms with E-state index in [9.17, 15) is 0 Å². The molecular formula is C25H24ClNO7. The van der Waals surface area contributed by atoms with Crippen molar-refractivity contribution in [2.75, 3.05) is 20.8 Å². The van der Waals surface area contributed by atoms with Crippen LogP contribution in [-0.4, -0.2) is 20.8 Å². The van der Waals surface area contributed by atoms with Crippen molar-refractivity contribution in [3.8, 4) is 22.8 Å². The quantitative estimate of drug-likeness (QED) is 0.354. The summed E-state index contributed by atoms with van der Waals surface area (Å²) < 4.78 is 50.8. The summed E-state index contributed by atoms with van der Waals surface area (Å²) in [6, 6.07) is 26.3. The smallest absolute Gasteiger partial charge is 0.213 e. The molecule has 0 saturated heterocycles. The van der Waals surface area contributed by atoms with Crippen LogP contribution in [0.2, 0.25) is 0 Å². The van der Waals surface area contributed by atoms with Gasteiger partial charge in [-0.05, 0) is 48.0 Å². The van der Waals surface area contributed by atoms with Crippen LogP contribution < -0.4 is 38.5 Å². The Morgan fingerprint density at radius 3 is 2.03 bits per heavy atom. The predicted molar refractivity (Wildman–Crippen MR) is 114 cm³/mol. The third kappa shape index (κ3) is 7.58. The number of hydrogen-bond donors (Lipinski definition) is 1. The Morgan fingerprint density at radius 1 is 0.794 bits per heavy atom. The van der Waals surface area contributed by atoms with E-state index in [0.29, 0.717) is 0 Å². The average molecular weight is 486 g/mol. The largest absolute Gasteiger partial charge is 0.497 e. The minimum atomic E-state index is -4.94. The molecule has 0 saturated carbocycles. The summed E-state index contributed by atoms with van der Waals surface area (Å²) in [5.74, 6) is 2.42.